The number of carbonyl (C=O) groups excluding carboxylic acids is 1. The standard InChI is InChI=1S/C29H48FN3O2/c1-22-14-15-28(30)27(18-22)26(13-7-8-17-35-3)24-12-9-16-33(21-24)29(34)32-25(20-31-2)19-23-10-5-4-6-11-23/h14-15,18,23-26,31H,4-13,16-17,19-21H2,1-3H3,(H,32,34)/t24-,25+,26-/m1/s1. The molecule has 6 heteroatoms. The maximum Gasteiger partial charge on any atom is 0.317 e. The maximum atomic E-state index is 15.0. The molecule has 198 valence electrons. The van der Waals surface area contributed by atoms with Gasteiger partial charge in [-0.2, -0.15) is 0 Å². The number of amides is 2. The summed E-state index contributed by atoms with van der Waals surface area (Å²) in [6.07, 6.45) is 12.5. The quantitative estimate of drug-likeness (QED) is 0.353. The van der Waals surface area contributed by atoms with Crippen molar-refractivity contribution in [2.24, 2.45) is 11.8 Å². The van der Waals surface area contributed by atoms with Crippen molar-refractivity contribution in [2.45, 2.75) is 89.5 Å². The van der Waals surface area contributed by atoms with E-state index >= 15 is 0 Å². The highest BCUT2D eigenvalue weighted by atomic mass is 19.1. The highest BCUT2D eigenvalue weighted by Gasteiger charge is 2.32. The SMILES string of the molecule is CNC[C@H](CC1CCCCC1)NC(=O)N1CCC[C@@H]([C@@H](CCCCOC)c2cc(C)ccc2F)C1. The summed E-state index contributed by atoms with van der Waals surface area (Å²) >= 11 is 0. The number of benzene rings is 1. The van der Waals surface area contributed by atoms with Crippen LogP contribution in [0.5, 0.6) is 0 Å². The number of ether oxygens (including phenoxy) is 1. The third kappa shape index (κ3) is 8.75. The number of likely N-dealkylation sites (N-methyl/N-ethyl adjacent to an activating group) is 1. The van der Waals surface area contributed by atoms with Gasteiger partial charge in [-0.15, -0.1) is 0 Å². The van der Waals surface area contributed by atoms with Crippen LogP contribution in [0, 0.1) is 24.6 Å². The zero-order valence-corrected chi connectivity index (χ0v) is 22.3. The van der Waals surface area contributed by atoms with E-state index in [0.29, 0.717) is 6.54 Å². The number of hydrogen-bond donors (Lipinski definition) is 2. The van der Waals surface area contributed by atoms with E-state index in [2.05, 4.69) is 10.6 Å². The fraction of sp³-hybridized carbons (Fsp3) is 0.759. The monoisotopic (exact) mass is 489 g/mol. The number of carbonyl (C=O) groups is 1. The van der Waals surface area contributed by atoms with E-state index < -0.39 is 0 Å². The van der Waals surface area contributed by atoms with E-state index in [1.807, 2.05) is 31.0 Å². The molecule has 2 N–H and O–H groups in total. The molecule has 1 saturated carbocycles. The van der Waals surface area contributed by atoms with Gasteiger partial charge in [-0.3, -0.25) is 0 Å². The Morgan fingerprint density at radius 2 is 1.97 bits per heavy atom. The molecule has 0 radical (unpaired) electrons. The largest absolute Gasteiger partial charge is 0.385 e. The van der Waals surface area contributed by atoms with Crippen LogP contribution < -0.4 is 10.6 Å². The van der Waals surface area contributed by atoms with E-state index in [1.54, 1.807) is 13.2 Å². The molecule has 5 nitrogen and oxygen atoms in total. The molecule has 1 saturated heterocycles. The Kier molecular flexibility index (Phi) is 11.8. The molecule has 0 spiro atoms. The van der Waals surface area contributed by atoms with Crippen molar-refractivity contribution in [2.75, 3.05) is 40.4 Å². The van der Waals surface area contributed by atoms with Gasteiger partial charge in [-0.1, -0.05) is 56.2 Å². The summed E-state index contributed by atoms with van der Waals surface area (Å²) in [6.45, 7) is 5.04. The Morgan fingerprint density at radius 1 is 1.17 bits per heavy atom. The van der Waals surface area contributed by atoms with Gasteiger partial charge in [0.05, 0.1) is 0 Å². The molecule has 0 unspecified atom stereocenters. The molecule has 2 fully saturated rings. The summed E-state index contributed by atoms with van der Waals surface area (Å²) in [6, 6.07) is 5.68. The van der Waals surface area contributed by atoms with E-state index in [0.717, 1.165) is 75.3 Å². The first kappa shape index (κ1) is 27.9. The Morgan fingerprint density at radius 3 is 2.71 bits per heavy atom. The lowest BCUT2D eigenvalue weighted by atomic mass is 9.77. The van der Waals surface area contributed by atoms with Crippen LogP contribution in [0.2, 0.25) is 0 Å². The summed E-state index contributed by atoms with van der Waals surface area (Å²) in [4.78, 5) is 15.3. The number of methoxy groups -OCH3 is 1. The average Bonchev–Trinajstić information content (AvgIpc) is 2.86. The van der Waals surface area contributed by atoms with Crippen molar-refractivity contribution in [3.8, 4) is 0 Å². The van der Waals surface area contributed by atoms with Gasteiger partial charge < -0.3 is 20.3 Å². The predicted molar refractivity (Wildman–Crippen MR) is 141 cm³/mol. The molecular formula is C29H48FN3O2. The molecule has 3 rings (SSSR count). The van der Waals surface area contributed by atoms with E-state index in [4.69, 9.17) is 4.74 Å². The zero-order chi connectivity index (χ0) is 25.0. The normalized spacial score (nSPS) is 21.0. The first-order valence-corrected chi connectivity index (χ1v) is 14.0. The molecule has 1 aromatic rings. The molecule has 35 heavy (non-hydrogen) atoms. The van der Waals surface area contributed by atoms with Crippen molar-refractivity contribution in [1.82, 2.24) is 15.5 Å². The van der Waals surface area contributed by atoms with Gasteiger partial charge >= 0.3 is 6.03 Å². The molecule has 1 aliphatic carbocycles. The smallest absolute Gasteiger partial charge is 0.317 e. The van der Waals surface area contributed by atoms with Crippen LogP contribution in [0.25, 0.3) is 0 Å². The molecule has 1 aliphatic heterocycles. The molecule has 0 bridgehead atoms. The molecule has 1 aromatic carbocycles. The first-order chi connectivity index (χ1) is 17.0. The summed E-state index contributed by atoms with van der Waals surface area (Å²) < 4.78 is 20.2. The number of halogens is 1. The van der Waals surface area contributed by atoms with Crippen molar-refractivity contribution >= 4 is 6.03 Å². The minimum Gasteiger partial charge on any atom is -0.385 e. The highest BCUT2D eigenvalue weighted by Crippen LogP contribution is 2.37. The van der Waals surface area contributed by atoms with Crippen molar-refractivity contribution in [3.05, 3.63) is 35.1 Å². The zero-order valence-electron chi connectivity index (χ0n) is 22.3. The number of nitrogens with zero attached hydrogens (tertiary/aromatic N) is 1. The molecule has 2 amide bonds. The summed E-state index contributed by atoms with van der Waals surface area (Å²) in [7, 11) is 3.69. The van der Waals surface area contributed by atoms with Gasteiger partial charge in [0.2, 0.25) is 0 Å². The third-order valence-electron chi connectivity index (χ3n) is 8.10. The Labute approximate surface area is 212 Å². The number of hydrogen-bond acceptors (Lipinski definition) is 3. The maximum absolute atomic E-state index is 15.0. The number of aryl methyl sites for hydroxylation is 1. The van der Waals surface area contributed by atoms with Gasteiger partial charge in [0.1, 0.15) is 5.82 Å². The van der Waals surface area contributed by atoms with Crippen LogP contribution in [0.15, 0.2) is 18.2 Å². The van der Waals surface area contributed by atoms with E-state index in [-0.39, 0.29) is 29.7 Å². The lowest BCUT2D eigenvalue weighted by Crippen LogP contribution is -2.51. The van der Waals surface area contributed by atoms with Gasteiger partial charge in [0.25, 0.3) is 0 Å². The molecular weight excluding hydrogens is 441 g/mol. The topological polar surface area (TPSA) is 53.6 Å². The van der Waals surface area contributed by atoms with Gasteiger partial charge in [-0.25, -0.2) is 9.18 Å². The number of rotatable bonds is 12. The van der Waals surface area contributed by atoms with E-state index in [9.17, 15) is 9.18 Å². The molecule has 3 atom stereocenters. The van der Waals surface area contributed by atoms with Crippen molar-refractivity contribution < 1.29 is 13.9 Å². The van der Waals surface area contributed by atoms with Crippen molar-refractivity contribution in [3.63, 3.8) is 0 Å². The summed E-state index contributed by atoms with van der Waals surface area (Å²) in [5, 5.41) is 6.62. The Balaban J connectivity index is 1.66. The second-order valence-electron chi connectivity index (χ2n) is 10.9. The first-order valence-electron chi connectivity index (χ1n) is 14.0. The van der Waals surface area contributed by atoms with E-state index in [1.165, 1.54) is 32.1 Å². The molecule has 0 aromatic heterocycles. The molecule has 1 heterocycles. The minimum atomic E-state index is -0.115. The second kappa shape index (κ2) is 14.8. The summed E-state index contributed by atoms with van der Waals surface area (Å²) in [5.41, 5.74) is 1.91. The van der Waals surface area contributed by atoms with Gasteiger partial charge in [0, 0.05) is 39.4 Å². The van der Waals surface area contributed by atoms with Gasteiger partial charge in [0.15, 0.2) is 0 Å². The summed E-state index contributed by atoms with van der Waals surface area (Å²) in [5.74, 6) is 1.000. The second-order valence-corrected chi connectivity index (χ2v) is 10.9. The third-order valence-corrected chi connectivity index (χ3v) is 8.10. The minimum absolute atomic E-state index is 0.0496. The van der Waals surface area contributed by atoms with Crippen LogP contribution >= 0.6 is 0 Å². The van der Waals surface area contributed by atoms with Crippen molar-refractivity contribution in [1.29, 1.82) is 0 Å². The number of piperidine rings is 1. The fourth-order valence-electron chi connectivity index (χ4n) is 6.26. The average molecular weight is 490 g/mol. The number of urea groups is 1. The number of nitrogens with one attached hydrogen (secondary N) is 2. The lowest BCUT2D eigenvalue weighted by Gasteiger charge is -2.38. The number of likely N-dealkylation sites (tertiary alicyclic amines) is 1. The Hall–Kier alpha value is -1.66. The molecule has 2 aliphatic rings. The predicted octanol–water partition coefficient (Wildman–Crippen LogP) is 6.01. The fourth-order valence-corrected chi connectivity index (χ4v) is 6.26. The van der Waals surface area contributed by atoms with Crippen LogP contribution in [0.1, 0.15) is 87.7 Å². The Bertz CT molecular complexity index is 768. The highest BCUT2D eigenvalue weighted by molar-refractivity contribution is 5.74. The van der Waals surface area contributed by atoms with Gasteiger partial charge in [-0.05, 0) is 75.5 Å². The number of unbranched alkanes of at least 4 members (excludes halogenated alkanes) is 1. The van der Waals surface area contributed by atoms with Crippen LogP contribution in [-0.4, -0.2) is 57.4 Å². The van der Waals surface area contributed by atoms with Crippen LogP contribution in [-0.2, 0) is 4.74 Å². The van der Waals surface area contributed by atoms with Crippen LogP contribution in [0.3, 0.4) is 0 Å². The van der Waals surface area contributed by atoms with Crippen LogP contribution in [0.4, 0.5) is 9.18 Å². The lowest BCUT2D eigenvalue weighted by molar-refractivity contribution is 0.146.